The van der Waals surface area contributed by atoms with Crippen LogP contribution in [0.15, 0.2) is 30.5 Å². The van der Waals surface area contributed by atoms with E-state index in [-0.39, 0.29) is 12.5 Å². The highest BCUT2D eigenvalue weighted by molar-refractivity contribution is 6.33. The molecule has 1 aliphatic rings. The average Bonchev–Trinajstić information content (AvgIpc) is 3.22. The maximum absolute atomic E-state index is 13.2. The first kappa shape index (κ1) is 24.9. The van der Waals surface area contributed by atoms with Gasteiger partial charge in [-0.25, -0.2) is 9.78 Å². The number of nitrogens with zero attached hydrogens (tertiary/aromatic N) is 2. The van der Waals surface area contributed by atoms with Crippen LogP contribution in [0.3, 0.4) is 0 Å². The Labute approximate surface area is 200 Å². The number of carbonyl (C=O) groups is 2. The Morgan fingerprint density at radius 3 is 2.62 bits per heavy atom. The van der Waals surface area contributed by atoms with Crippen LogP contribution in [0, 0.1) is 12.3 Å². The number of benzene rings is 1. The van der Waals surface area contributed by atoms with E-state index in [0.717, 1.165) is 18.3 Å². The highest BCUT2D eigenvalue weighted by Crippen LogP contribution is 2.32. The van der Waals surface area contributed by atoms with Crippen LogP contribution < -0.4 is 26.2 Å². The van der Waals surface area contributed by atoms with E-state index >= 15 is 0 Å². The molecule has 1 heterocycles. The molecule has 2 aromatic rings. The molecule has 3 N–H and O–H groups in total. The number of ether oxygens (including phenoxy) is 2. The number of terminal acetylenes is 1. The van der Waals surface area contributed by atoms with Crippen LogP contribution >= 0.6 is 0 Å². The predicted molar refractivity (Wildman–Crippen MR) is 133 cm³/mol. The summed E-state index contributed by atoms with van der Waals surface area (Å²) in [7, 11) is 1.83. The minimum atomic E-state index is -1.00. The molecule has 0 spiro atoms. The summed E-state index contributed by atoms with van der Waals surface area (Å²) in [6.45, 7) is 5.47. The van der Waals surface area contributed by atoms with Gasteiger partial charge in [-0.1, -0.05) is 24.8 Å². The number of hydrogen-bond acceptors (Lipinski definition) is 7. The van der Waals surface area contributed by atoms with Crippen LogP contribution in [0.2, 0.25) is 0 Å². The maximum atomic E-state index is 13.2. The van der Waals surface area contributed by atoms with Crippen molar-refractivity contribution in [3.8, 4) is 18.2 Å². The zero-order valence-electron chi connectivity index (χ0n) is 20.0. The highest BCUT2D eigenvalue weighted by atomic mass is 16.6. The molecule has 0 radical (unpaired) electrons. The molecule has 1 fully saturated rings. The Hall–Kier alpha value is -3.74. The molecule has 0 bridgehead atoms. The van der Waals surface area contributed by atoms with Crippen molar-refractivity contribution in [2.75, 3.05) is 17.2 Å². The first-order valence-corrected chi connectivity index (χ1v) is 11.2. The number of hydrogen-bond donors (Lipinski definition) is 3. The summed E-state index contributed by atoms with van der Waals surface area (Å²) in [4.78, 5) is 34.2. The molecule has 3 rings (SSSR count). The standard InChI is InChI=1S/C24H30BN5O4/c1-5-13-33-19-18(25)15-26-21(29-19)28-17-10-8-9-16(14-17)27-20(31)24(11-6-7-12-24)30-22(32)34-23(2,3)4/h1,8-10,14-15H,6-7,11-13,25H2,2-4H3,(H,27,31)(H,30,32)(H,26,28,29). The van der Waals surface area contributed by atoms with Gasteiger partial charge in [-0.3, -0.25) is 4.79 Å². The van der Waals surface area contributed by atoms with Crippen molar-refractivity contribution in [2.24, 2.45) is 0 Å². The number of rotatable bonds is 7. The lowest BCUT2D eigenvalue weighted by Gasteiger charge is -2.30. The fraction of sp³-hybridized carbons (Fsp3) is 0.417. The Morgan fingerprint density at radius 1 is 1.24 bits per heavy atom. The number of carbonyl (C=O) groups excluding carboxylic acids is 2. The van der Waals surface area contributed by atoms with Crippen LogP contribution in [-0.4, -0.2) is 47.6 Å². The molecule has 0 unspecified atom stereocenters. The van der Waals surface area contributed by atoms with Gasteiger partial charge in [0.25, 0.3) is 0 Å². The smallest absolute Gasteiger partial charge is 0.408 e. The van der Waals surface area contributed by atoms with Crippen LogP contribution in [0.25, 0.3) is 0 Å². The molecule has 1 aromatic heterocycles. The Kier molecular flexibility index (Phi) is 7.66. The molecule has 1 saturated carbocycles. The van der Waals surface area contributed by atoms with E-state index in [9.17, 15) is 9.59 Å². The van der Waals surface area contributed by atoms with Crippen molar-refractivity contribution in [3.05, 3.63) is 30.5 Å². The van der Waals surface area contributed by atoms with Crippen molar-refractivity contribution >= 4 is 42.6 Å². The molecule has 0 saturated heterocycles. The van der Waals surface area contributed by atoms with Gasteiger partial charge in [-0.15, -0.1) is 6.42 Å². The van der Waals surface area contributed by atoms with E-state index in [1.165, 1.54) is 0 Å². The second-order valence-corrected chi connectivity index (χ2v) is 9.25. The second kappa shape index (κ2) is 10.5. The van der Waals surface area contributed by atoms with Crippen molar-refractivity contribution in [2.45, 2.75) is 57.6 Å². The quantitative estimate of drug-likeness (QED) is 0.426. The van der Waals surface area contributed by atoms with Gasteiger partial charge >= 0.3 is 6.09 Å². The van der Waals surface area contributed by atoms with Gasteiger partial charge in [-0.05, 0) is 57.3 Å². The minimum absolute atomic E-state index is 0.109. The average molecular weight is 463 g/mol. The summed E-state index contributed by atoms with van der Waals surface area (Å²) in [5.74, 6) is 2.87. The summed E-state index contributed by atoms with van der Waals surface area (Å²) in [6.07, 6.45) is 9.09. The molecule has 1 aliphatic carbocycles. The van der Waals surface area contributed by atoms with Crippen molar-refractivity contribution < 1.29 is 19.1 Å². The molecule has 10 heteroatoms. The highest BCUT2D eigenvalue weighted by Gasteiger charge is 2.43. The molecule has 9 nitrogen and oxygen atoms in total. The van der Waals surface area contributed by atoms with Gasteiger partial charge in [0, 0.05) is 17.6 Å². The first-order chi connectivity index (χ1) is 16.1. The first-order valence-electron chi connectivity index (χ1n) is 11.2. The fourth-order valence-electron chi connectivity index (χ4n) is 3.68. The van der Waals surface area contributed by atoms with Gasteiger partial charge in [0.2, 0.25) is 17.7 Å². The van der Waals surface area contributed by atoms with E-state index in [1.54, 1.807) is 45.2 Å². The number of amides is 2. The predicted octanol–water partition coefficient (Wildman–Crippen LogP) is 2.27. The summed E-state index contributed by atoms with van der Waals surface area (Å²) in [5.41, 5.74) is 0.355. The maximum Gasteiger partial charge on any atom is 0.408 e. The van der Waals surface area contributed by atoms with E-state index < -0.39 is 17.2 Å². The molecular weight excluding hydrogens is 433 g/mol. The van der Waals surface area contributed by atoms with Crippen molar-refractivity contribution in [3.63, 3.8) is 0 Å². The zero-order valence-corrected chi connectivity index (χ0v) is 20.0. The summed E-state index contributed by atoms with van der Waals surface area (Å²) >= 11 is 0. The third-order valence-corrected chi connectivity index (χ3v) is 5.23. The van der Waals surface area contributed by atoms with Crippen LogP contribution in [0.4, 0.5) is 22.1 Å². The molecule has 1 aromatic carbocycles. The summed E-state index contributed by atoms with van der Waals surface area (Å²) in [6, 6.07) is 7.16. The molecular formula is C24H30BN5O4. The number of alkyl carbamates (subject to hydrolysis) is 1. The number of anilines is 3. The van der Waals surface area contributed by atoms with Gasteiger partial charge in [0.1, 0.15) is 19.0 Å². The monoisotopic (exact) mass is 463 g/mol. The second-order valence-electron chi connectivity index (χ2n) is 9.25. The third-order valence-electron chi connectivity index (χ3n) is 5.23. The normalized spacial score (nSPS) is 14.5. The number of nitrogens with one attached hydrogen (secondary N) is 3. The summed E-state index contributed by atoms with van der Waals surface area (Å²) in [5, 5.41) is 8.85. The van der Waals surface area contributed by atoms with Crippen LogP contribution in [0.5, 0.6) is 5.88 Å². The molecule has 0 atom stereocenters. The Balaban J connectivity index is 1.71. The molecule has 2 amide bonds. The van der Waals surface area contributed by atoms with Crippen LogP contribution in [0.1, 0.15) is 46.5 Å². The summed E-state index contributed by atoms with van der Waals surface area (Å²) < 4.78 is 10.8. The topological polar surface area (TPSA) is 114 Å². The lowest BCUT2D eigenvalue weighted by Crippen LogP contribution is -2.55. The van der Waals surface area contributed by atoms with Gasteiger partial charge in [0.05, 0.1) is 0 Å². The van der Waals surface area contributed by atoms with E-state index in [2.05, 4.69) is 31.8 Å². The third kappa shape index (κ3) is 6.64. The van der Waals surface area contributed by atoms with Gasteiger partial charge in [-0.2, -0.15) is 4.98 Å². The van der Waals surface area contributed by atoms with E-state index in [1.807, 2.05) is 13.9 Å². The van der Waals surface area contributed by atoms with Gasteiger partial charge < -0.3 is 25.4 Å². The Bertz CT molecular complexity index is 1090. The molecule has 178 valence electrons. The van der Waals surface area contributed by atoms with E-state index in [0.29, 0.717) is 36.0 Å². The molecule has 0 aliphatic heterocycles. The number of aromatic nitrogens is 2. The fourth-order valence-corrected chi connectivity index (χ4v) is 3.68. The van der Waals surface area contributed by atoms with Crippen molar-refractivity contribution in [1.29, 1.82) is 0 Å². The van der Waals surface area contributed by atoms with E-state index in [4.69, 9.17) is 15.9 Å². The van der Waals surface area contributed by atoms with Crippen LogP contribution in [-0.2, 0) is 9.53 Å². The Morgan fingerprint density at radius 2 is 1.94 bits per heavy atom. The largest absolute Gasteiger partial charge is 0.465 e. The molecule has 34 heavy (non-hydrogen) atoms. The zero-order chi connectivity index (χ0) is 24.8. The van der Waals surface area contributed by atoms with Crippen molar-refractivity contribution in [1.82, 2.24) is 15.3 Å². The minimum Gasteiger partial charge on any atom is -0.465 e. The lowest BCUT2D eigenvalue weighted by atomic mass is 9.96. The lowest BCUT2D eigenvalue weighted by molar-refractivity contribution is -0.122. The SMILES string of the molecule is Bc1cnc(Nc2cccc(NC(=O)C3(NC(=O)OC(C)(C)C)CCCC3)c2)nc1OCC#C. The van der Waals surface area contributed by atoms with Gasteiger partial charge in [0.15, 0.2) is 6.61 Å².